The highest BCUT2D eigenvalue weighted by Gasteiger charge is 1.91. The van der Waals surface area contributed by atoms with Crippen molar-refractivity contribution < 1.29 is 4.79 Å². The molecule has 0 bridgehead atoms. The Morgan fingerprint density at radius 3 is 1.84 bits per heavy atom. The van der Waals surface area contributed by atoms with E-state index in [1.807, 2.05) is 12.2 Å². The van der Waals surface area contributed by atoms with Gasteiger partial charge in [0.1, 0.15) is 0 Å². The van der Waals surface area contributed by atoms with E-state index in [-0.39, 0.29) is 5.78 Å². The number of carbonyl (C=O) groups excluding carboxylic acids is 1. The van der Waals surface area contributed by atoms with Crippen LogP contribution in [0.1, 0.15) is 84.5 Å². The maximum absolute atomic E-state index is 10.6. The van der Waals surface area contributed by atoms with Gasteiger partial charge in [-0.1, -0.05) is 82.9 Å². The van der Waals surface area contributed by atoms with Crippen molar-refractivity contribution in [1.82, 2.24) is 0 Å². The molecule has 0 aliphatic rings. The molecular formula is C18H32O. The summed E-state index contributed by atoms with van der Waals surface area (Å²) in [6.45, 7) is 3.84. The highest BCUT2D eigenvalue weighted by molar-refractivity contribution is 5.87. The largest absolute Gasteiger partial charge is 0.295 e. The lowest BCUT2D eigenvalue weighted by atomic mass is 10.1. The average molecular weight is 264 g/mol. The summed E-state index contributed by atoms with van der Waals surface area (Å²) in [4.78, 5) is 10.6. The van der Waals surface area contributed by atoms with Gasteiger partial charge >= 0.3 is 0 Å². The maximum Gasteiger partial charge on any atom is 0.152 e. The fraction of sp³-hybridized carbons (Fsp3) is 0.722. The zero-order chi connectivity index (χ0) is 14.2. The monoisotopic (exact) mass is 264 g/mol. The molecule has 0 unspecified atom stereocenters. The van der Waals surface area contributed by atoms with Crippen molar-refractivity contribution in [1.29, 1.82) is 0 Å². The number of hydrogen-bond donors (Lipinski definition) is 0. The van der Waals surface area contributed by atoms with E-state index < -0.39 is 0 Å². The smallest absolute Gasteiger partial charge is 0.152 e. The molecule has 0 atom stereocenters. The fourth-order valence-electron chi connectivity index (χ4n) is 2.12. The summed E-state index contributed by atoms with van der Waals surface area (Å²) in [5.74, 6) is 0.114. The molecule has 0 spiro atoms. The summed E-state index contributed by atoms with van der Waals surface area (Å²) < 4.78 is 0. The lowest BCUT2D eigenvalue weighted by molar-refractivity contribution is -0.112. The van der Waals surface area contributed by atoms with Gasteiger partial charge in [0.15, 0.2) is 5.78 Å². The van der Waals surface area contributed by atoms with E-state index in [0.717, 1.165) is 6.42 Å². The lowest BCUT2D eigenvalue weighted by Crippen LogP contribution is -1.81. The molecular weight excluding hydrogens is 232 g/mol. The third-order valence-corrected chi connectivity index (χ3v) is 3.30. The molecule has 0 saturated heterocycles. The van der Waals surface area contributed by atoms with Crippen LogP contribution in [0.25, 0.3) is 0 Å². The van der Waals surface area contributed by atoms with Gasteiger partial charge in [-0.15, -0.1) is 0 Å². The Hall–Kier alpha value is -0.850. The summed E-state index contributed by atoms with van der Waals surface area (Å²) in [7, 11) is 0. The molecule has 0 amide bonds. The molecule has 0 N–H and O–H groups in total. The van der Waals surface area contributed by atoms with E-state index in [4.69, 9.17) is 0 Å². The Labute approximate surface area is 120 Å². The molecule has 0 radical (unpaired) electrons. The molecule has 0 aromatic carbocycles. The van der Waals surface area contributed by atoms with Crippen LogP contribution < -0.4 is 0 Å². The molecule has 0 aliphatic carbocycles. The normalized spacial score (nSPS) is 11.7. The van der Waals surface area contributed by atoms with Crippen molar-refractivity contribution in [2.75, 3.05) is 0 Å². The van der Waals surface area contributed by atoms with Gasteiger partial charge in [-0.05, 0) is 25.8 Å². The molecule has 1 nitrogen and oxygen atoms in total. The van der Waals surface area contributed by atoms with Gasteiger partial charge in [0.2, 0.25) is 0 Å². The van der Waals surface area contributed by atoms with Crippen LogP contribution in [-0.2, 0) is 4.79 Å². The van der Waals surface area contributed by atoms with E-state index in [1.165, 1.54) is 64.2 Å². The number of rotatable bonds is 13. The average Bonchev–Trinajstić information content (AvgIpc) is 2.39. The van der Waals surface area contributed by atoms with E-state index in [0.29, 0.717) is 0 Å². The van der Waals surface area contributed by atoms with Crippen LogP contribution in [0.4, 0.5) is 0 Å². The molecule has 0 rings (SSSR count). The SMILES string of the molecule is CCCCCCCCCCCCC=CC=CC(C)=O. The van der Waals surface area contributed by atoms with Gasteiger partial charge in [0.25, 0.3) is 0 Å². The number of carbonyl (C=O) groups is 1. The Bertz CT molecular complexity index is 250. The number of ketones is 1. The van der Waals surface area contributed by atoms with E-state index in [1.54, 1.807) is 13.0 Å². The fourth-order valence-corrected chi connectivity index (χ4v) is 2.12. The predicted molar refractivity (Wildman–Crippen MR) is 85.4 cm³/mol. The summed E-state index contributed by atoms with van der Waals surface area (Å²) in [6, 6.07) is 0. The Morgan fingerprint density at radius 1 is 0.789 bits per heavy atom. The molecule has 0 aromatic heterocycles. The predicted octanol–water partition coefficient (Wildman–Crippen LogP) is 6.00. The van der Waals surface area contributed by atoms with E-state index in [2.05, 4.69) is 13.0 Å². The Morgan fingerprint density at radius 2 is 1.32 bits per heavy atom. The number of hydrogen-bond acceptors (Lipinski definition) is 1. The summed E-state index contributed by atoms with van der Waals surface area (Å²) >= 11 is 0. The van der Waals surface area contributed by atoms with Gasteiger partial charge in [0.05, 0.1) is 0 Å². The number of allylic oxidation sites excluding steroid dienone is 4. The maximum atomic E-state index is 10.6. The second kappa shape index (κ2) is 15.2. The number of unbranched alkanes of at least 4 members (excludes halogenated alkanes) is 10. The lowest BCUT2D eigenvalue weighted by Gasteiger charge is -2.01. The summed E-state index contributed by atoms with van der Waals surface area (Å²) in [6.07, 6.45) is 22.6. The first-order chi connectivity index (χ1) is 9.27. The van der Waals surface area contributed by atoms with Gasteiger partial charge < -0.3 is 0 Å². The van der Waals surface area contributed by atoms with Gasteiger partial charge in [-0.25, -0.2) is 0 Å². The minimum absolute atomic E-state index is 0.114. The highest BCUT2D eigenvalue weighted by Crippen LogP contribution is 2.11. The topological polar surface area (TPSA) is 17.1 Å². The first-order valence-electron chi connectivity index (χ1n) is 8.11. The van der Waals surface area contributed by atoms with Crippen LogP contribution >= 0.6 is 0 Å². The molecule has 19 heavy (non-hydrogen) atoms. The molecule has 0 aromatic rings. The third kappa shape index (κ3) is 17.1. The third-order valence-electron chi connectivity index (χ3n) is 3.30. The quantitative estimate of drug-likeness (QED) is 0.226. The standard InChI is InChI=1S/C18H32O/c1-3-4-5-6-7-8-9-10-11-12-13-14-15-16-17-18(2)19/h14-17H,3-13H2,1-2H3. The first-order valence-corrected chi connectivity index (χ1v) is 8.11. The molecule has 0 saturated carbocycles. The van der Waals surface area contributed by atoms with Crippen molar-refractivity contribution in [2.45, 2.75) is 84.5 Å². The zero-order valence-corrected chi connectivity index (χ0v) is 13.0. The van der Waals surface area contributed by atoms with Gasteiger partial charge in [0, 0.05) is 0 Å². The van der Waals surface area contributed by atoms with Crippen LogP contribution in [0.15, 0.2) is 24.3 Å². The molecule has 0 heterocycles. The Kier molecular flexibility index (Phi) is 14.5. The molecule has 110 valence electrons. The summed E-state index contributed by atoms with van der Waals surface area (Å²) in [5.41, 5.74) is 0. The second-order valence-corrected chi connectivity index (χ2v) is 5.37. The van der Waals surface area contributed by atoms with Gasteiger partial charge in [-0.2, -0.15) is 0 Å². The van der Waals surface area contributed by atoms with Crippen molar-refractivity contribution in [2.24, 2.45) is 0 Å². The van der Waals surface area contributed by atoms with E-state index in [9.17, 15) is 4.79 Å². The van der Waals surface area contributed by atoms with E-state index >= 15 is 0 Å². The summed E-state index contributed by atoms with van der Waals surface area (Å²) in [5, 5.41) is 0. The van der Waals surface area contributed by atoms with Crippen LogP contribution in [-0.4, -0.2) is 5.78 Å². The molecule has 0 fully saturated rings. The molecule has 0 aliphatic heterocycles. The van der Waals surface area contributed by atoms with Gasteiger partial charge in [-0.3, -0.25) is 4.79 Å². The highest BCUT2D eigenvalue weighted by atomic mass is 16.1. The van der Waals surface area contributed by atoms with Crippen LogP contribution in [0.5, 0.6) is 0 Å². The minimum Gasteiger partial charge on any atom is -0.295 e. The zero-order valence-electron chi connectivity index (χ0n) is 13.0. The molecule has 1 heteroatoms. The van der Waals surface area contributed by atoms with Crippen molar-refractivity contribution in [3.8, 4) is 0 Å². The van der Waals surface area contributed by atoms with Crippen molar-refractivity contribution in [3.63, 3.8) is 0 Å². The first kappa shape index (κ1) is 18.1. The van der Waals surface area contributed by atoms with Crippen LogP contribution in [0, 0.1) is 0 Å². The Balaban J connectivity index is 3.12. The minimum atomic E-state index is 0.114. The van der Waals surface area contributed by atoms with Crippen molar-refractivity contribution >= 4 is 5.78 Å². The van der Waals surface area contributed by atoms with Crippen LogP contribution in [0.2, 0.25) is 0 Å². The van der Waals surface area contributed by atoms with Crippen molar-refractivity contribution in [3.05, 3.63) is 24.3 Å². The second-order valence-electron chi connectivity index (χ2n) is 5.37. The van der Waals surface area contributed by atoms with Crippen LogP contribution in [0.3, 0.4) is 0 Å².